The van der Waals surface area contributed by atoms with Crippen LogP contribution in [0.2, 0.25) is 0 Å². The maximum atomic E-state index is 13.0. The second-order valence-corrected chi connectivity index (χ2v) is 8.45. The minimum atomic E-state index is -0.114. The zero-order valence-corrected chi connectivity index (χ0v) is 18.3. The average molecular weight is 435 g/mol. The third-order valence-electron chi connectivity index (χ3n) is 6.22. The van der Waals surface area contributed by atoms with Gasteiger partial charge < -0.3 is 13.8 Å². The van der Waals surface area contributed by atoms with Gasteiger partial charge in [-0.2, -0.15) is 0 Å². The zero-order valence-electron chi connectivity index (χ0n) is 18.3. The third-order valence-corrected chi connectivity index (χ3v) is 6.22. The number of nitrogens with zero attached hydrogens (tertiary/aromatic N) is 4. The Morgan fingerprint density at radius 3 is 2.69 bits per heavy atom. The van der Waals surface area contributed by atoms with Crippen molar-refractivity contribution in [1.29, 1.82) is 0 Å². The molecule has 166 valence electrons. The van der Waals surface area contributed by atoms with Gasteiger partial charge in [0, 0.05) is 54.5 Å². The van der Waals surface area contributed by atoms with Crippen molar-refractivity contribution in [3.8, 4) is 0 Å². The molecular weight excluding hydrogens is 410 g/mol. The maximum Gasteiger partial charge on any atom is 0.289 e. The van der Waals surface area contributed by atoms with Gasteiger partial charge in [-0.25, -0.2) is 9.50 Å². The summed E-state index contributed by atoms with van der Waals surface area (Å²) in [5.74, 6) is 1.97. The Hall–Kier alpha value is -3.62. The fraction of sp³-hybridized carbons (Fsp3) is 0.391. The Kier molecular flexibility index (Phi) is 4.96. The molecule has 5 heterocycles. The normalized spacial score (nSPS) is 15.0. The van der Waals surface area contributed by atoms with Gasteiger partial charge in [-0.1, -0.05) is 5.16 Å². The Morgan fingerprint density at radius 1 is 1.19 bits per heavy atom. The predicted octanol–water partition coefficient (Wildman–Crippen LogP) is 3.14. The molecule has 0 radical (unpaired) electrons. The fourth-order valence-electron chi connectivity index (χ4n) is 4.40. The molecule has 1 amide bonds. The number of amides is 1. The number of likely N-dealkylation sites (tertiary alicyclic amines) is 1. The lowest BCUT2D eigenvalue weighted by molar-refractivity contribution is 0.0678. The van der Waals surface area contributed by atoms with E-state index in [1.54, 1.807) is 6.07 Å². The van der Waals surface area contributed by atoms with Gasteiger partial charge in [0.25, 0.3) is 11.5 Å². The van der Waals surface area contributed by atoms with E-state index in [1.165, 1.54) is 10.6 Å². The predicted molar refractivity (Wildman–Crippen MR) is 116 cm³/mol. The molecule has 0 aromatic carbocycles. The van der Waals surface area contributed by atoms with Crippen molar-refractivity contribution in [1.82, 2.24) is 24.7 Å². The summed E-state index contributed by atoms with van der Waals surface area (Å²) in [6, 6.07) is 7.02. The van der Waals surface area contributed by atoms with Crippen LogP contribution in [0.15, 0.2) is 38.0 Å². The van der Waals surface area contributed by atoms with Gasteiger partial charge in [-0.05, 0) is 45.7 Å². The van der Waals surface area contributed by atoms with E-state index in [0.717, 1.165) is 35.6 Å². The average Bonchev–Trinajstić information content (AvgIpc) is 3.49. The number of aryl methyl sites for hydroxylation is 3. The van der Waals surface area contributed by atoms with E-state index in [9.17, 15) is 9.59 Å². The van der Waals surface area contributed by atoms with Crippen molar-refractivity contribution >= 4 is 11.6 Å². The number of fused-ring (bicyclic) bond motifs is 1. The smallest absolute Gasteiger partial charge is 0.289 e. The Balaban J connectivity index is 1.25. The third kappa shape index (κ3) is 3.63. The number of furan rings is 1. The highest BCUT2D eigenvalue weighted by atomic mass is 16.5. The number of aromatic nitrogens is 4. The number of carbonyl (C=O) groups excluding carboxylic acids is 1. The maximum absolute atomic E-state index is 13.0. The standard InChI is InChI=1S/C23H25N5O4/c1-13-10-22(29)28-21(24-13)12-19(25-28)16-6-8-27(9-7-16)23(30)20-5-4-17(31-20)11-18-14(2)26-32-15(18)3/h4-5,10,12,16,25H,6-9,11H2,1-3H3. The van der Waals surface area contributed by atoms with Crippen LogP contribution in [0.1, 0.15) is 63.5 Å². The molecular formula is C23H25N5O4. The molecule has 1 fully saturated rings. The van der Waals surface area contributed by atoms with Gasteiger partial charge in [0.1, 0.15) is 11.5 Å². The summed E-state index contributed by atoms with van der Waals surface area (Å²) in [6.07, 6.45) is 2.15. The van der Waals surface area contributed by atoms with Crippen LogP contribution in [-0.2, 0) is 6.42 Å². The van der Waals surface area contributed by atoms with Crippen LogP contribution in [0.4, 0.5) is 0 Å². The molecule has 0 bridgehead atoms. The number of rotatable bonds is 4. The van der Waals surface area contributed by atoms with Crippen LogP contribution in [-0.4, -0.2) is 43.7 Å². The van der Waals surface area contributed by atoms with Gasteiger partial charge in [0.15, 0.2) is 11.4 Å². The molecule has 4 aromatic rings. The summed E-state index contributed by atoms with van der Waals surface area (Å²) in [5.41, 5.74) is 4.02. The quantitative estimate of drug-likeness (QED) is 0.527. The van der Waals surface area contributed by atoms with Crippen LogP contribution in [0.5, 0.6) is 0 Å². The second kappa shape index (κ2) is 7.81. The summed E-state index contributed by atoms with van der Waals surface area (Å²) in [7, 11) is 0. The SMILES string of the molecule is Cc1cc(=O)n2[nH]c(C3CCN(C(=O)c4ccc(Cc5c(C)noc5C)o4)CC3)cc2n1. The molecule has 1 N–H and O–H groups in total. The Labute approximate surface area is 184 Å². The van der Waals surface area contributed by atoms with E-state index in [2.05, 4.69) is 15.2 Å². The number of hydrogen-bond acceptors (Lipinski definition) is 6. The summed E-state index contributed by atoms with van der Waals surface area (Å²) in [5, 5.41) is 7.14. The molecule has 32 heavy (non-hydrogen) atoms. The molecule has 0 spiro atoms. The van der Waals surface area contributed by atoms with Crippen molar-refractivity contribution in [2.24, 2.45) is 0 Å². The van der Waals surface area contributed by atoms with Crippen LogP contribution in [0.25, 0.3) is 5.65 Å². The molecule has 9 nitrogen and oxygen atoms in total. The first-order valence-corrected chi connectivity index (χ1v) is 10.8. The summed E-state index contributed by atoms with van der Waals surface area (Å²) in [4.78, 5) is 31.4. The van der Waals surface area contributed by atoms with Crippen molar-refractivity contribution in [2.45, 2.75) is 46.0 Å². The van der Waals surface area contributed by atoms with Crippen LogP contribution < -0.4 is 5.56 Å². The molecule has 9 heteroatoms. The highest BCUT2D eigenvalue weighted by molar-refractivity contribution is 5.91. The number of nitrogens with one attached hydrogen (secondary N) is 1. The van der Waals surface area contributed by atoms with E-state index >= 15 is 0 Å². The lowest BCUT2D eigenvalue weighted by atomic mass is 9.93. The largest absolute Gasteiger partial charge is 0.456 e. The topological polar surface area (TPSA) is 110 Å². The number of piperidine rings is 1. The zero-order chi connectivity index (χ0) is 22.4. The highest BCUT2D eigenvalue weighted by Crippen LogP contribution is 2.28. The first-order chi connectivity index (χ1) is 15.4. The van der Waals surface area contributed by atoms with E-state index < -0.39 is 0 Å². The van der Waals surface area contributed by atoms with E-state index in [-0.39, 0.29) is 17.4 Å². The molecule has 1 aliphatic heterocycles. The molecule has 5 rings (SSSR count). The second-order valence-electron chi connectivity index (χ2n) is 8.45. The molecule has 0 unspecified atom stereocenters. The van der Waals surface area contributed by atoms with Gasteiger partial charge in [-0.15, -0.1) is 0 Å². The van der Waals surface area contributed by atoms with Crippen molar-refractivity contribution in [3.05, 3.63) is 74.5 Å². The van der Waals surface area contributed by atoms with Crippen molar-refractivity contribution < 1.29 is 13.7 Å². The molecule has 1 aliphatic rings. The van der Waals surface area contributed by atoms with E-state index in [1.807, 2.05) is 37.8 Å². The Morgan fingerprint density at radius 2 is 1.97 bits per heavy atom. The lowest BCUT2D eigenvalue weighted by Crippen LogP contribution is -2.37. The van der Waals surface area contributed by atoms with Crippen LogP contribution in [0, 0.1) is 20.8 Å². The van der Waals surface area contributed by atoms with E-state index in [0.29, 0.717) is 42.4 Å². The van der Waals surface area contributed by atoms with Gasteiger partial charge >= 0.3 is 0 Å². The highest BCUT2D eigenvalue weighted by Gasteiger charge is 2.27. The minimum absolute atomic E-state index is 0.0985. The molecule has 0 aliphatic carbocycles. The molecule has 1 saturated heterocycles. The van der Waals surface area contributed by atoms with E-state index in [4.69, 9.17) is 8.94 Å². The van der Waals surface area contributed by atoms with Gasteiger partial charge in [0.05, 0.1) is 5.69 Å². The van der Waals surface area contributed by atoms with Crippen LogP contribution >= 0.6 is 0 Å². The summed E-state index contributed by atoms with van der Waals surface area (Å²) >= 11 is 0. The Bertz CT molecular complexity index is 1330. The number of carbonyl (C=O) groups is 1. The monoisotopic (exact) mass is 435 g/mol. The number of H-pyrrole nitrogens is 1. The lowest BCUT2D eigenvalue weighted by Gasteiger charge is -2.30. The van der Waals surface area contributed by atoms with Gasteiger partial charge in [0.2, 0.25) is 0 Å². The first kappa shape index (κ1) is 20.3. The number of aromatic amines is 1. The minimum Gasteiger partial charge on any atom is -0.456 e. The molecule has 4 aromatic heterocycles. The molecule has 0 saturated carbocycles. The van der Waals surface area contributed by atoms with Crippen molar-refractivity contribution in [3.63, 3.8) is 0 Å². The number of hydrogen-bond donors (Lipinski definition) is 1. The van der Waals surface area contributed by atoms with Crippen LogP contribution in [0.3, 0.4) is 0 Å². The first-order valence-electron chi connectivity index (χ1n) is 10.8. The van der Waals surface area contributed by atoms with Gasteiger partial charge in [-0.3, -0.25) is 14.7 Å². The summed E-state index contributed by atoms with van der Waals surface area (Å²) < 4.78 is 12.5. The fourth-order valence-corrected chi connectivity index (χ4v) is 4.40. The molecule has 0 atom stereocenters. The summed E-state index contributed by atoms with van der Waals surface area (Å²) in [6.45, 7) is 6.83. The van der Waals surface area contributed by atoms with Crippen molar-refractivity contribution in [2.75, 3.05) is 13.1 Å².